The summed E-state index contributed by atoms with van der Waals surface area (Å²) in [6, 6.07) is 6.71. The monoisotopic (exact) mass is 318 g/mol. The van der Waals surface area contributed by atoms with E-state index in [4.69, 9.17) is 4.74 Å². The number of benzene rings is 2. The Kier molecular flexibility index (Phi) is 4.55. The Balaban J connectivity index is 2.13. The number of rotatable bonds is 4. The minimum atomic E-state index is -0.728. The van der Waals surface area contributed by atoms with E-state index in [0.717, 1.165) is 12.1 Å². The number of hydrogen-bond acceptors (Lipinski definition) is 7. The van der Waals surface area contributed by atoms with E-state index in [0.29, 0.717) is 5.56 Å². The van der Waals surface area contributed by atoms with Gasteiger partial charge in [0.1, 0.15) is 0 Å². The van der Waals surface area contributed by atoms with Gasteiger partial charge in [-0.1, -0.05) is 6.07 Å². The van der Waals surface area contributed by atoms with Crippen LogP contribution in [0.25, 0.3) is 0 Å². The first-order valence-corrected chi connectivity index (χ1v) is 6.38. The number of amides is 1. The van der Waals surface area contributed by atoms with Gasteiger partial charge in [0.2, 0.25) is 0 Å². The standard InChI is InChI=1S/C15H14N2O6/c1-23-12-4-2-3-8(13(12)20)7-16-17-15(22)9-5-10(18)14(21)11(19)6-9/h2-7,18-21H,1H3,(H,17,22). The molecule has 0 fully saturated rings. The highest BCUT2D eigenvalue weighted by atomic mass is 16.5. The van der Waals surface area contributed by atoms with E-state index in [1.54, 1.807) is 18.2 Å². The molecule has 0 aliphatic carbocycles. The zero-order valence-electron chi connectivity index (χ0n) is 12.0. The lowest BCUT2D eigenvalue weighted by Gasteiger charge is -2.06. The highest BCUT2D eigenvalue weighted by Crippen LogP contribution is 2.35. The molecule has 0 aromatic heterocycles. The molecule has 0 aliphatic heterocycles. The molecule has 5 N–H and O–H groups in total. The van der Waals surface area contributed by atoms with E-state index in [-0.39, 0.29) is 17.1 Å². The molecule has 1 amide bonds. The fourth-order valence-electron chi connectivity index (χ4n) is 1.77. The summed E-state index contributed by atoms with van der Waals surface area (Å²) in [6.07, 6.45) is 1.20. The van der Waals surface area contributed by atoms with Gasteiger partial charge < -0.3 is 25.2 Å². The van der Waals surface area contributed by atoms with Gasteiger partial charge in [0, 0.05) is 11.1 Å². The molecule has 0 saturated heterocycles. The molecule has 23 heavy (non-hydrogen) atoms. The molecule has 0 bridgehead atoms. The van der Waals surface area contributed by atoms with Crippen LogP contribution in [0, 0.1) is 0 Å². The summed E-state index contributed by atoms with van der Waals surface area (Å²) in [5.41, 5.74) is 2.37. The van der Waals surface area contributed by atoms with E-state index in [2.05, 4.69) is 10.5 Å². The predicted molar refractivity (Wildman–Crippen MR) is 81.2 cm³/mol. The van der Waals surface area contributed by atoms with Gasteiger partial charge in [-0.05, 0) is 24.3 Å². The molecule has 8 heteroatoms. The average Bonchev–Trinajstić information content (AvgIpc) is 2.53. The Morgan fingerprint density at radius 2 is 1.78 bits per heavy atom. The van der Waals surface area contributed by atoms with Gasteiger partial charge in [-0.3, -0.25) is 4.79 Å². The van der Waals surface area contributed by atoms with E-state index in [1.807, 2.05) is 0 Å². The topological polar surface area (TPSA) is 132 Å². The minimum absolute atomic E-state index is 0.107. The molecule has 2 aromatic rings. The van der Waals surface area contributed by atoms with Crippen LogP contribution in [0.5, 0.6) is 28.7 Å². The van der Waals surface area contributed by atoms with E-state index in [9.17, 15) is 25.2 Å². The van der Waals surface area contributed by atoms with Crippen LogP contribution in [0.3, 0.4) is 0 Å². The molecule has 120 valence electrons. The number of hydrogen-bond donors (Lipinski definition) is 5. The summed E-state index contributed by atoms with van der Waals surface area (Å²) < 4.78 is 4.94. The Labute approximate surface area is 130 Å². The summed E-state index contributed by atoms with van der Waals surface area (Å²) in [5.74, 6) is -2.59. The number of methoxy groups -OCH3 is 1. The molecule has 0 saturated carbocycles. The number of carbonyl (C=O) groups excluding carboxylic acids is 1. The quantitative estimate of drug-likeness (QED) is 0.328. The Morgan fingerprint density at radius 3 is 2.39 bits per heavy atom. The molecule has 0 unspecified atom stereocenters. The second kappa shape index (κ2) is 6.56. The third-order valence-corrected chi connectivity index (χ3v) is 2.95. The highest BCUT2D eigenvalue weighted by Gasteiger charge is 2.13. The van der Waals surface area contributed by atoms with Gasteiger partial charge in [-0.2, -0.15) is 5.10 Å². The average molecular weight is 318 g/mol. The highest BCUT2D eigenvalue weighted by molar-refractivity contribution is 5.96. The first-order valence-electron chi connectivity index (χ1n) is 6.38. The number of phenols is 4. The molecule has 2 rings (SSSR count). The predicted octanol–water partition coefficient (Wildman–Crippen LogP) is 1.28. The number of phenolic OH excluding ortho intramolecular Hbond substituents is 4. The summed E-state index contributed by atoms with van der Waals surface area (Å²) >= 11 is 0. The zero-order valence-corrected chi connectivity index (χ0v) is 12.0. The van der Waals surface area contributed by atoms with Crippen LogP contribution in [-0.4, -0.2) is 39.7 Å². The number of aromatic hydroxyl groups is 4. The third kappa shape index (κ3) is 3.43. The van der Waals surface area contributed by atoms with Gasteiger partial charge in [0.05, 0.1) is 13.3 Å². The largest absolute Gasteiger partial charge is 0.504 e. The van der Waals surface area contributed by atoms with Gasteiger partial charge >= 0.3 is 0 Å². The number of nitrogens with one attached hydrogen (secondary N) is 1. The molecule has 8 nitrogen and oxygen atoms in total. The van der Waals surface area contributed by atoms with Gasteiger partial charge in [0.25, 0.3) is 5.91 Å². The summed E-state index contributed by atoms with van der Waals surface area (Å²) in [4.78, 5) is 11.8. The number of para-hydroxylation sites is 1. The van der Waals surface area contributed by atoms with Crippen LogP contribution in [-0.2, 0) is 0 Å². The maximum absolute atomic E-state index is 11.8. The Morgan fingerprint density at radius 1 is 1.13 bits per heavy atom. The minimum Gasteiger partial charge on any atom is -0.504 e. The van der Waals surface area contributed by atoms with E-state index >= 15 is 0 Å². The van der Waals surface area contributed by atoms with Gasteiger partial charge in [0.15, 0.2) is 28.7 Å². The first kappa shape index (κ1) is 16.0. The summed E-state index contributed by atoms with van der Waals surface area (Å²) in [6.45, 7) is 0. The van der Waals surface area contributed by atoms with Crippen LogP contribution in [0.2, 0.25) is 0 Å². The molecule has 0 aliphatic rings. The first-order chi connectivity index (χ1) is 10.9. The number of ether oxygens (including phenoxy) is 1. The van der Waals surface area contributed by atoms with Crippen LogP contribution < -0.4 is 10.2 Å². The van der Waals surface area contributed by atoms with Crippen molar-refractivity contribution < 1.29 is 30.0 Å². The zero-order chi connectivity index (χ0) is 17.0. The maximum atomic E-state index is 11.8. The van der Waals surface area contributed by atoms with Crippen molar-refractivity contribution in [1.82, 2.24) is 5.43 Å². The SMILES string of the molecule is COc1cccc(C=NNC(=O)c2cc(O)c(O)c(O)c2)c1O. The van der Waals surface area contributed by atoms with Crippen molar-refractivity contribution in [3.8, 4) is 28.7 Å². The summed E-state index contributed by atoms with van der Waals surface area (Å²) in [7, 11) is 1.40. The number of nitrogens with zero attached hydrogens (tertiary/aromatic N) is 1. The molecular weight excluding hydrogens is 304 g/mol. The van der Waals surface area contributed by atoms with Crippen molar-refractivity contribution in [2.24, 2.45) is 5.10 Å². The second-order valence-corrected chi connectivity index (χ2v) is 4.46. The van der Waals surface area contributed by atoms with Crippen LogP contribution in [0.15, 0.2) is 35.4 Å². The molecule has 0 heterocycles. The normalized spacial score (nSPS) is 10.7. The third-order valence-electron chi connectivity index (χ3n) is 2.95. The Hall–Kier alpha value is -3.42. The van der Waals surface area contributed by atoms with E-state index in [1.165, 1.54) is 13.3 Å². The van der Waals surface area contributed by atoms with Crippen molar-refractivity contribution in [2.45, 2.75) is 0 Å². The second-order valence-electron chi connectivity index (χ2n) is 4.46. The van der Waals surface area contributed by atoms with Crippen molar-refractivity contribution in [3.05, 3.63) is 41.5 Å². The van der Waals surface area contributed by atoms with Crippen LogP contribution in [0.1, 0.15) is 15.9 Å². The van der Waals surface area contributed by atoms with Gasteiger partial charge in [-0.25, -0.2) is 5.43 Å². The van der Waals surface area contributed by atoms with Crippen molar-refractivity contribution >= 4 is 12.1 Å². The van der Waals surface area contributed by atoms with Crippen molar-refractivity contribution in [1.29, 1.82) is 0 Å². The number of carbonyl (C=O) groups is 1. The lowest BCUT2D eigenvalue weighted by molar-refractivity contribution is 0.0954. The lowest BCUT2D eigenvalue weighted by atomic mass is 10.2. The van der Waals surface area contributed by atoms with Gasteiger partial charge in [-0.15, -0.1) is 0 Å². The summed E-state index contributed by atoms with van der Waals surface area (Å²) in [5, 5.41) is 41.4. The van der Waals surface area contributed by atoms with Crippen LogP contribution >= 0.6 is 0 Å². The molecule has 0 spiro atoms. The fourth-order valence-corrected chi connectivity index (χ4v) is 1.77. The van der Waals surface area contributed by atoms with E-state index < -0.39 is 23.2 Å². The molecule has 0 radical (unpaired) electrons. The molecule has 2 aromatic carbocycles. The van der Waals surface area contributed by atoms with Crippen LogP contribution in [0.4, 0.5) is 0 Å². The molecule has 0 atom stereocenters. The van der Waals surface area contributed by atoms with Crippen molar-refractivity contribution in [2.75, 3.05) is 7.11 Å². The number of hydrazone groups is 1. The van der Waals surface area contributed by atoms with Crippen molar-refractivity contribution in [3.63, 3.8) is 0 Å². The lowest BCUT2D eigenvalue weighted by Crippen LogP contribution is -2.17. The molecular formula is C15H14N2O6. The smallest absolute Gasteiger partial charge is 0.271 e. The maximum Gasteiger partial charge on any atom is 0.271 e. The fraction of sp³-hybridized carbons (Fsp3) is 0.0667. The Bertz CT molecular complexity index is 750.